The van der Waals surface area contributed by atoms with E-state index in [2.05, 4.69) is 27.0 Å². The molecule has 1 aromatic heterocycles. The van der Waals surface area contributed by atoms with Crippen LogP contribution in [0.15, 0.2) is 41.0 Å². The molecule has 1 aliphatic rings. The van der Waals surface area contributed by atoms with E-state index in [9.17, 15) is 4.79 Å². The number of ether oxygens (including phenoxy) is 1. The number of hydrogen-bond donors (Lipinski definition) is 0. The van der Waals surface area contributed by atoms with Crippen molar-refractivity contribution in [2.75, 3.05) is 4.90 Å². The first-order chi connectivity index (χ1) is 10.8. The van der Waals surface area contributed by atoms with Crippen LogP contribution in [0, 0.1) is 0 Å². The minimum Gasteiger partial charge on any atom is -0.443 e. The number of aromatic nitrogens is 1. The first-order valence-corrected chi connectivity index (χ1v) is 8.40. The van der Waals surface area contributed by atoms with Crippen LogP contribution in [0.2, 0.25) is 0 Å². The van der Waals surface area contributed by atoms with Gasteiger partial charge < -0.3 is 4.74 Å². The van der Waals surface area contributed by atoms with Gasteiger partial charge in [0.15, 0.2) is 0 Å². The SMILES string of the molecule is CC(C)(C)OC(=O)N1c2ccc(Br)cc2CCc2cccnc21. The number of hydrogen-bond acceptors (Lipinski definition) is 3. The zero-order valence-electron chi connectivity index (χ0n) is 13.5. The van der Waals surface area contributed by atoms with E-state index in [0.29, 0.717) is 5.82 Å². The summed E-state index contributed by atoms with van der Waals surface area (Å²) in [5.41, 5.74) is 2.42. The number of fused-ring (bicyclic) bond motifs is 2. The maximum absolute atomic E-state index is 12.8. The molecule has 0 radical (unpaired) electrons. The fraction of sp³-hybridized carbons (Fsp3) is 0.333. The number of halogens is 1. The molecule has 0 fully saturated rings. The largest absolute Gasteiger partial charge is 0.443 e. The van der Waals surface area contributed by atoms with Gasteiger partial charge in [-0.1, -0.05) is 22.0 Å². The topological polar surface area (TPSA) is 42.4 Å². The van der Waals surface area contributed by atoms with Crippen molar-refractivity contribution in [3.63, 3.8) is 0 Å². The molecule has 120 valence electrons. The second-order valence-electron chi connectivity index (χ2n) is 6.57. The number of benzene rings is 1. The maximum atomic E-state index is 12.8. The molecule has 0 unspecified atom stereocenters. The van der Waals surface area contributed by atoms with Crippen molar-refractivity contribution in [1.82, 2.24) is 4.98 Å². The van der Waals surface area contributed by atoms with Gasteiger partial charge in [0.05, 0.1) is 5.69 Å². The molecule has 2 aromatic rings. The van der Waals surface area contributed by atoms with E-state index in [4.69, 9.17) is 4.74 Å². The van der Waals surface area contributed by atoms with Gasteiger partial charge in [-0.15, -0.1) is 0 Å². The van der Waals surface area contributed by atoms with E-state index in [1.807, 2.05) is 45.0 Å². The third kappa shape index (κ3) is 3.39. The highest BCUT2D eigenvalue weighted by Crippen LogP contribution is 2.36. The number of carbonyl (C=O) groups excluding carboxylic acids is 1. The molecule has 0 spiro atoms. The summed E-state index contributed by atoms with van der Waals surface area (Å²) in [4.78, 5) is 18.9. The molecule has 5 heteroatoms. The molecule has 0 atom stereocenters. The Morgan fingerprint density at radius 2 is 1.96 bits per heavy atom. The number of carbonyl (C=O) groups is 1. The number of rotatable bonds is 0. The summed E-state index contributed by atoms with van der Waals surface area (Å²) in [5, 5.41) is 0. The molecular weight excluding hydrogens is 356 g/mol. The molecule has 0 bridgehead atoms. The first kappa shape index (κ1) is 16.0. The summed E-state index contributed by atoms with van der Waals surface area (Å²) in [6.45, 7) is 5.60. The van der Waals surface area contributed by atoms with Crippen LogP contribution in [0.3, 0.4) is 0 Å². The number of anilines is 2. The Kier molecular flexibility index (Phi) is 4.15. The number of aryl methyl sites for hydroxylation is 2. The summed E-state index contributed by atoms with van der Waals surface area (Å²) in [6.07, 6.45) is 3.00. The third-order valence-electron chi connectivity index (χ3n) is 3.60. The van der Waals surface area contributed by atoms with Crippen molar-refractivity contribution < 1.29 is 9.53 Å². The minimum atomic E-state index is -0.562. The average Bonchev–Trinajstić information content (AvgIpc) is 2.62. The number of nitrogens with zero attached hydrogens (tertiary/aromatic N) is 2. The highest BCUT2D eigenvalue weighted by Gasteiger charge is 2.30. The molecule has 1 amide bonds. The van der Waals surface area contributed by atoms with Gasteiger partial charge in [0.2, 0.25) is 0 Å². The van der Waals surface area contributed by atoms with Crippen molar-refractivity contribution in [1.29, 1.82) is 0 Å². The zero-order valence-corrected chi connectivity index (χ0v) is 15.1. The summed E-state index contributed by atoms with van der Waals surface area (Å²) in [6, 6.07) is 9.84. The maximum Gasteiger partial charge on any atom is 0.420 e. The Labute approximate surface area is 144 Å². The smallest absolute Gasteiger partial charge is 0.420 e. The summed E-state index contributed by atoms with van der Waals surface area (Å²) in [7, 11) is 0. The molecule has 0 aliphatic carbocycles. The van der Waals surface area contributed by atoms with Gasteiger partial charge in [-0.25, -0.2) is 14.7 Å². The molecule has 0 saturated heterocycles. The second-order valence-corrected chi connectivity index (χ2v) is 7.49. The lowest BCUT2D eigenvalue weighted by molar-refractivity contribution is 0.0598. The molecule has 4 nitrogen and oxygen atoms in total. The zero-order chi connectivity index (χ0) is 16.6. The molecule has 3 rings (SSSR count). The van der Waals surface area contributed by atoms with Crippen LogP contribution in [-0.2, 0) is 17.6 Å². The van der Waals surface area contributed by atoms with Crippen LogP contribution in [0.5, 0.6) is 0 Å². The lowest BCUT2D eigenvalue weighted by Crippen LogP contribution is -2.34. The van der Waals surface area contributed by atoms with E-state index in [0.717, 1.165) is 34.1 Å². The van der Waals surface area contributed by atoms with Gasteiger partial charge in [-0.2, -0.15) is 0 Å². The molecule has 2 heterocycles. The monoisotopic (exact) mass is 374 g/mol. The molecule has 0 N–H and O–H groups in total. The number of pyridine rings is 1. The summed E-state index contributed by atoms with van der Waals surface area (Å²) >= 11 is 3.51. The molecular formula is C18H19BrN2O2. The van der Waals surface area contributed by atoms with E-state index in [1.54, 1.807) is 11.1 Å². The van der Waals surface area contributed by atoms with Gasteiger partial charge >= 0.3 is 6.09 Å². The Hall–Kier alpha value is -1.88. The number of amides is 1. The van der Waals surface area contributed by atoms with Gasteiger partial charge in [0.25, 0.3) is 0 Å². The minimum absolute atomic E-state index is 0.400. The normalized spacial score (nSPS) is 13.8. The van der Waals surface area contributed by atoms with Crippen LogP contribution in [0.25, 0.3) is 0 Å². The molecule has 1 aliphatic heterocycles. The van der Waals surface area contributed by atoms with Crippen LogP contribution in [0.1, 0.15) is 31.9 Å². The Morgan fingerprint density at radius 3 is 2.70 bits per heavy atom. The molecule has 23 heavy (non-hydrogen) atoms. The summed E-state index contributed by atoms with van der Waals surface area (Å²) < 4.78 is 6.61. The van der Waals surface area contributed by atoms with Gasteiger partial charge in [-0.05, 0) is 69.0 Å². The van der Waals surface area contributed by atoms with Crippen LogP contribution < -0.4 is 4.90 Å². The van der Waals surface area contributed by atoms with Crippen LogP contribution in [0.4, 0.5) is 16.3 Å². The Morgan fingerprint density at radius 1 is 1.22 bits per heavy atom. The van der Waals surface area contributed by atoms with Crippen LogP contribution >= 0.6 is 15.9 Å². The molecule has 1 aromatic carbocycles. The summed E-state index contributed by atoms with van der Waals surface area (Å²) in [5.74, 6) is 0.655. The first-order valence-electron chi connectivity index (χ1n) is 7.60. The van der Waals surface area contributed by atoms with Gasteiger partial charge in [-0.3, -0.25) is 0 Å². The quantitative estimate of drug-likeness (QED) is 0.650. The Bertz CT molecular complexity index is 753. The average molecular weight is 375 g/mol. The Balaban J connectivity index is 2.14. The third-order valence-corrected chi connectivity index (χ3v) is 4.09. The van der Waals surface area contributed by atoms with E-state index < -0.39 is 11.7 Å². The lowest BCUT2D eigenvalue weighted by atomic mass is 10.1. The predicted molar refractivity (Wildman–Crippen MR) is 94.2 cm³/mol. The van der Waals surface area contributed by atoms with Crippen molar-refractivity contribution >= 4 is 33.5 Å². The fourth-order valence-electron chi connectivity index (χ4n) is 2.68. The second kappa shape index (κ2) is 5.96. The standard InChI is InChI=1S/C18H19BrN2O2/c1-18(2,3)23-17(22)21-15-9-8-14(19)11-13(15)7-6-12-5-4-10-20-16(12)21/h4-5,8-11H,6-7H2,1-3H3. The highest BCUT2D eigenvalue weighted by molar-refractivity contribution is 9.10. The lowest BCUT2D eigenvalue weighted by Gasteiger charge is -2.27. The molecule has 0 saturated carbocycles. The highest BCUT2D eigenvalue weighted by atomic mass is 79.9. The fourth-order valence-corrected chi connectivity index (χ4v) is 3.08. The van der Waals surface area contributed by atoms with Crippen molar-refractivity contribution in [2.24, 2.45) is 0 Å². The van der Waals surface area contributed by atoms with Gasteiger partial charge in [0.1, 0.15) is 11.4 Å². The van der Waals surface area contributed by atoms with E-state index >= 15 is 0 Å². The van der Waals surface area contributed by atoms with E-state index in [1.165, 1.54) is 0 Å². The van der Waals surface area contributed by atoms with Crippen molar-refractivity contribution in [2.45, 2.75) is 39.2 Å². The van der Waals surface area contributed by atoms with E-state index in [-0.39, 0.29) is 0 Å². The van der Waals surface area contributed by atoms with Crippen LogP contribution in [-0.4, -0.2) is 16.7 Å². The van der Waals surface area contributed by atoms with Gasteiger partial charge in [0, 0.05) is 10.7 Å². The van der Waals surface area contributed by atoms with Crippen molar-refractivity contribution in [3.8, 4) is 0 Å². The predicted octanol–water partition coefficient (Wildman–Crippen LogP) is 5.02. The van der Waals surface area contributed by atoms with Crippen molar-refractivity contribution in [3.05, 3.63) is 52.1 Å².